The van der Waals surface area contributed by atoms with Crippen LogP contribution in [0.1, 0.15) is 30.3 Å². The van der Waals surface area contributed by atoms with E-state index in [0.717, 1.165) is 4.68 Å². The van der Waals surface area contributed by atoms with Crippen LogP contribution in [0.3, 0.4) is 0 Å². The van der Waals surface area contributed by atoms with Crippen molar-refractivity contribution >= 4 is 11.9 Å². The van der Waals surface area contributed by atoms with Gasteiger partial charge in [0.1, 0.15) is 11.7 Å². The molecule has 1 amide bonds. The molecule has 0 unspecified atom stereocenters. The third-order valence-corrected chi connectivity index (χ3v) is 2.56. The Bertz CT molecular complexity index is 540. The lowest BCUT2D eigenvalue weighted by molar-refractivity contribution is -0.139. The number of hydrogen-bond donors (Lipinski definition) is 3. The van der Waals surface area contributed by atoms with Gasteiger partial charge in [0.25, 0.3) is 11.5 Å². The van der Waals surface area contributed by atoms with Crippen LogP contribution in [0.25, 0.3) is 0 Å². The standard InChI is InChI=1S/C12H17N3O5/c1-2-6-15-10(17)4-3-8(14-15)11(18)13-9(5-7-16)12(19)20/h3-4,9,16H,2,5-7H2,1H3,(H,13,18)(H,19,20)/t9-/m1/s1. The zero-order valence-electron chi connectivity index (χ0n) is 11.1. The van der Waals surface area contributed by atoms with E-state index in [1.807, 2.05) is 6.92 Å². The average molecular weight is 283 g/mol. The minimum absolute atomic E-state index is 0.0396. The predicted octanol–water partition coefficient (Wildman–Crippen LogP) is -0.781. The van der Waals surface area contributed by atoms with E-state index >= 15 is 0 Å². The summed E-state index contributed by atoms with van der Waals surface area (Å²) in [6, 6.07) is 1.25. The number of carbonyl (C=O) groups is 2. The molecule has 110 valence electrons. The van der Waals surface area contributed by atoms with Crippen molar-refractivity contribution in [1.82, 2.24) is 15.1 Å². The van der Waals surface area contributed by atoms with Gasteiger partial charge in [-0.2, -0.15) is 5.10 Å². The molecule has 3 N–H and O–H groups in total. The van der Waals surface area contributed by atoms with Gasteiger partial charge in [-0.3, -0.25) is 9.59 Å². The molecule has 1 aromatic heterocycles. The van der Waals surface area contributed by atoms with Gasteiger partial charge in [0.15, 0.2) is 0 Å². The number of nitrogens with zero attached hydrogens (tertiary/aromatic N) is 2. The maximum Gasteiger partial charge on any atom is 0.326 e. The van der Waals surface area contributed by atoms with Gasteiger partial charge in [-0.1, -0.05) is 6.92 Å². The van der Waals surface area contributed by atoms with Gasteiger partial charge in [-0.15, -0.1) is 0 Å². The maximum absolute atomic E-state index is 11.9. The van der Waals surface area contributed by atoms with Crippen molar-refractivity contribution < 1.29 is 19.8 Å². The van der Waals surface area contributed by atoms with E-state index in [4.69, 9.17) is 10.2 Å². The summed E-state index contributed by atoms with van der Waals surface area (Å²) in [5.41, 5.74) is -0.365. The van der Waals surface area contributed by atoms with E-state index in [1.54, 1.807) is 0 Å². The maximum atomic E-state index is 11.9. The molecule has 1 aromatic rings. The van der Waals surface area contributed by atoms with Crippen LogP contribution in [0.4, 0.5) is 0 Å². The lowest BCUT2D eigenvalue weighted by Gasteiger charge is -2.13. The van der Waals surface area contributed by atoms with Crippen LogP contribution in [-0.4, -0.2) is 44.5 Å². The van der Waals surface area contributed by atoms with Gasteiger partial charge in [0.2, 0.25) is 0 Å². The Kier molecular flexibility index (Phi) is 5.85. The van der Waals surface area contributed by atoms with Gasteiger partial charge in [-0.05, 0) is 12.5 Å². The Labute approximate surface area is 115 Å². The Morgan fingerprint density at radius 3 is 2.70 bits per heavy atom. The second-order valence-electron chi connectivity index (χ2n) is 4.16. The first-order chi connectivity index (χ1) is 9.49. The minimum atomic E-state index is -1.24. The zero-order valence-corrected chi connectivity index (χ0v) is 11.1. The summed E-state index contributed by atoms with van der Waals surface area (Å²) in [6.07, 6.45) is 0.579. The van der Waals surface area contributed by atoms with E-state index in [9.17, 15) is 14.4 Å². The molecular weight excluding hydrogens is 266 g/mol. The summed E-state index contributed by atoms with van der Waals surface area (Å²) in [4.78, 5) is 34.2. The third kappa shape index (κ3) is 4.16. The van der Waals surface area contributed by atoms with Gasteiger partial charge in [0.05, 0.1) is 0 Å². The fraction of sp³-hybridized carbons (Fsp3) is 0.500. The number of nitrogens with one attached hydrogen (secondary N) is 1. The summed E-state index contributed by atoms with van der Waals surface area (Å²) in [7, 11) is 0. The van der Waals surface area contributed by atoms with E-state index in [1.165, 1.54) is 12.1 Å². The quantitative estimate of drug-likeness (QED) is 0.603. The number of rotatable bonds is 7. The normalized spacial score (nSPS) is 11.9. The number of aliphatic carboxylic acids is 1. The molecule has 0 bridgehead atoms. The van der Waals surface area contributed by atoms with Crippen LogP contribution in [0.5, 0.6) is 0 Å². The number of carboxylic acid groups (broad SMARTS) is 1. The lowest BCUT2D eigenvalue weighted by atomic mass is 10.2. The van der Waals surface area contributed by atoms with E-state index in [-0.39, 0.29) is 24.3 Å². The highest BCUT2D eigenvalue weighted by atomic mass is 16.4. The summed E-state index contributed by atoms with van der Waals surface area (Å²) >= 11 is 0. The molecule has 1 atom stereocenters. The molecular formula is C12H17N3O5. The first-order valence-electron chi connectivity index (χ1n) is 6.22. The molecule has 0 aliphatic heterocycles. The number of carbonyl (C=O) groups excluding carboxylic acids is 1. The van der Waals surface area contributed by atoms with Crippen molar-refractivity contribution in [2.75, 3.05) is 6.61 Å². The van der Waals surface area contributed by atoms with Crippen molar-refractivity contribution in [3.8, 4) is 0 Å². The van der Waals surface area contributed by atoms with E-state index in [2.05, 4.69) is 10.4 Å². The molecule has 8 nitrogen and oxygen atoms in total. The van der Waals surface area contributed by atoms with E-state index < -0.39 is 17.9 Å². The number of hydrogen-bond acceptors (Lipinski definition) is 5. The van der Waals surface area contributed by atoms with Crippen molar-refractivity contribution in [3.63, 3.8) is 0 Å². The number of aliphatic hydroxyl groups excluding tert-OH is 1. The SMILES string of the molecule is CCCn1nc(C(=O)N[C@H](CCO)C(=O)O)ccc1=O. The monoisotopic (exact) mass is 283 g/mol. The molecule has 1 rings (SSSR count). The molecule has 0 aliphatic rings. The molecule has 0 saturated carbocycles. The van der Waals surface area contributed by atoms with Crippen LogP contribution >= 0.6 is 0 Å². The molecule has 0 saturated heterocycles. The van der Waals surface area contributed by atoms with Crippen molar-refractivity contribution in [2.24, 2.45) is 0 Å². The number of amides is 1. The molecule has 0 fully saturated rings. The number of aliphatic hydroxyl groups is 1. The number of aryl methyl sites for hydroxylation is 1. The van der Waals surface area contributed by atoms with Crippen molar-refractivity contribution in [1.29, 1.82) is 0 Å². The molecule has 0 radical (unpaired) electrons. The summed E-state index contributed by atoms with van der Waals surface area (Å²) in [6.45, 7) is 1.88. The Morgan fingerprint density at radius 2 is 2.15 bits per heavy atom. The summed E-state index contributed by atoms with van der Waals surface area (Å²) in [5, 5.41) is 23.7. The van der Waals surface area contributed by atoms with Crippen LogP contribution in [0.2, 0.25) is 0 Å². The molecule has 8 heteroatoms. The summed E-state index contributed by atoms with van der Waals surface area (Å²) in [5.74, 6) is -1.94. The Hall–Kier alpha value is -2.22. The van der Waals surface area contributed by atoms with Crippen LogP contribution in [0.15, 0.2) is 16.9 Å². The Morgan fingerprint density at radius 1 is 1.45 bits per heavy atom. The Balaban J connectivity index is 2.88. The average Bonchev–Trinajstić information content (AvgIpc) is 2.40. The fourth-order valence-corrected chi connectivity index (χ4v) is 1.56. The molecule has 1 heterocycles. The molecule has 0 aromatic carbocycles. The highest BCUT2D eigenvalue weighted by Gasteiger charge is 2.21. The van der Waals surface area contributed by atoms with Gasteiger partial charge >= 0.3 is 5.97 Å². The second-order valence-corrected chi connectivity index (χ2v) is 4.16. The highest BCUT2D eigenvalue weighted by molar-refractivity contribution is 5.94. The molecule has 0 aliphatic carbocycles. The smallest absolute Gasteiger partial charge is 0.326 e. The first kappa shape index (κ1) is 15.8. The van der Waals surface area contributed by atoms with Crippen LogP contribution in [0, 0.1) is 0 Å². The van der Waals surface area contributed by atoms with Gasteiger partial charge < -0.3 is 15.5 Å². The summed E-state index contributed by atoms with van der Waals surface area (Å²) < 4.78 is 1.15. The second kappa shape index (κ2) is 7.39. The first-order valence-corrected chi connectivity index (χ1v) is 6.22. The molecule has 0 spiro atoms. The highest BCUT2D eigenvalue weighted by Crippen LogP contribution is 1.97. The number of carboxylic acids is 1. The topological polar surface area (TPSA) is 122 Å². The van der Waals surface area contributed by atoms with Crippen molar-refractivity contribution in [2.45, 2.75) is 32.4 Å². The van der Waals surface area contributed by atoms with Gasteiger partial charge in [0, 0.05) is 25.6 Å². The molecule has 20 heavy (non-hydrogen) atoms. The lowest BCUT2D eigenvalue weighted by Crippen LogP contribution is -2.42. The largest absolute Gasteiger partial charge is 0.480 e. The van der Waals surface area contributed by atoms with Crippen LogP contribution in [-0.2, 0) is 11.3 Å². The van der Waals surface area contributed by atoms with Crippen molar-refractivity contribution in [3.05, 3.63) is 28.2 Å². The number of aromatic nitrogens is 2. The minimum Gasteiger partial charge on any atom is -0.480 e. The zero-order chi connectivity index (χ0) is 15.1. The third-order valence-electron chi connectivity index (χ3n) is 2.56. The van der Waals surface area contributed by atoms with Crippen LogP contribution < -0.4 is 10.9 Å². The fourth-order valence-electron chi connectivity index (χ4n) is 1.56. The predicted molar refractivity (Wildman–Crippen MR) is 69.4 cm³/mol. The van der Waals surface area contributed by atoms with E-state index in [0.29, 0.717) is 13.0 Å². The van der Waals surface area contributed by atoms with Gasteiger partial charge in [-0.25, -0.2) is 9.48 Å².